The molecule has 0 saturated carbocycles. The summed E-state index contributed by atoms with van der Waals surface area (Å²) in [6.07, 6.45) is 3.13. The van der Waals surface area contributed by atoms with E-state index in [9.17, 15) is 12.8 Å². The number of hydrogen-bond acceptors (Lipinski definition) is 5. The van der Waals surface area contributed by atoms with Gasteiger partial charge < -0.3 is 5.32 Å². The van der Waals surface area contributed by atoms with Gasteiger partial charge in [-0.05, 0) is 24.7 Å². The minimum Gasteiger partial charge on any atom is -0.316 e. The molecule has 0 aliphatic rings. The molecule has 2 rings (SSSR count). The summed E-state index contributed by atoms with van der Waals surface area (Å²) in [4.78, 5) is -0.0598. The van der Waals surface area contributed by atoms with Gasteiger partial charge >= 0.3 is 0 Å². The van der Waals surface area contributed by atoms with E-state index in [0.717, 1.165) is 6.07 Å². The summed E-state index contributed by atoms with van der Waals surface area (Å²) < 4.78 is 41.8. The Kier molecular flexibility index (Phi) is 4.99. The van der Waals surface area contributed by atoms with Crippen LogP contribution >= 0.6 is 0 Å². The number of aromatic nitrogens is 3. The van der Waals surface area contributed by atoms with Gasteiger partial charge in [0.25, 0.3) is 0 Å². The van der Waals surface area contributed by atoms with Crippen LogP contribution in [0.15, 0.2) is 35.5 Å². The Morgan fingerprint density at radius 2 is 2.19 bits per heavy atom. The summed E-state index contributed by atoms with van der Waals surface area (Å²) >= 11 is 0. The Hall–Kier alpha value is -1.84. The fraction of sp³-hybridized carbons (Fsp3) is 0.333. The van der Waals surface area contributed by atoms with Gasteiger partial charge in [0.1, 0.15) is 5.82 Å². The predicted molar refractivity (Wildman–Crippen MR) is 74.4 cm³/mol. The van der Waals surface area contributed by atoms with Crippen molar-refractivity contribution < 1.29 is 12.8 Å². The molecule has 1 aromatic heterocycles. The molecule has 0 spiro atoms. The molecule has 0 fully saturated rings. The molecule has 0 radical (unpaired) electrons. The molecule has 1 aromatic carbocycles. The van der Waals surface area contributed by atoms with Crippen molar-refractivity contribution in [1.82, 2.24) is 25.0 Å². The molecule has 0 unspecified atom stereocenters. The molecule has 0 saturated heterocycles. The Balaban J connectivity index is 2.12. The third-order valence-electron chi connectivity index (χ3n) is 2.79. The van der Waals surface area contributed by atoms with Crippen LogP contribution in [0.4, 0.5) is 4.39 Å². The summed E-state index contributed by atoms with van der Waals surface area (Å²) in [5, 5.41) is 10.2. The van der Waals surface area contributed by atoms with E-state index in [1.807, 2.05) is 0 Å². The van der Waals surface area contributed by atoms with Crippen LogP contribution in [-0.4, -0.2) is 37.0 Å². The molecule has 0 aliphatic heterocycles. The van der Waals surface area contributed by atoms with Gasteiger partial charge in [0.15, 0.2) is 0 Å². The second-order valence-corrected chi connectivity index (χ2v) is 6.08. The van der Waals surface area contributed by atoms with Crippen LogP contribution in [0.1, 0.15) is 5.56 Å². The molecule has 21 heavy (non-hydrogen) atoms. The lowest BCUT2D eigenvalue weighted by molar-refractivity contribution is 0.550. The van der Waals surface area contributed by atoms with Gasteiger partial charge in [0, 0.05) is 19.3 Å². The van der Waals surface area contributed by atoms with Gasteiger partial charge in [-0.25, -0.2) is 17.5 Å². The highest BCUT2D eigenvalue weighted by Crippen LogP contribution is 2.17. The number of halogens is 1. The smallest absolute Gasteiger partial charge is 0.241 e. The van der Waals surface area contributed by atoms with Crippen LogP contribution in [0.3, 0.4) is 0 Å². The molecule has 0 aliphatic carbocycles. The molecule has 0 amide bonds. The lowest BCUT2D eigenvalue weighted by atomic mass is 10.2. The molecule has 114 valence electrons. The molecular weight excluding hydrogens is 297 g/mol. The fourth-order valence-electron chi connectivity index (χ4n) is 1.84. The maximum Gasteiger partial charge on any atom is 0.241 e. The van der Waals surface area contributed by atoms with Crippen molar-refractivity contribution >= 4 is 10.0 Å². The van der Waals surface area contributed by atoms with E-state index in [2.05, 4.69) is 20.4 Å². The van der Waals surface area contributed by atoms with Gasteiger partial charge in [-0.1, -0.05) is 11.3 Å². The highest BCUT2D eigenvalue weighted by molar-refractivity contribution is 7.89. The minimum atomic E-state index is -3.78. The maximum atomic E-state index is 13.3. The topological polar surface area (TPSA) is 88.9 Å². The third kappa shape index (κ3) is 4.06. The normalized spacial score (nSPS) is 11.7. The van der Waals surface area contributed by atoms with Crippen molar-refractivity contribution in [3.8, 4) is 0 Å². The van der Waals surface area contributed by atoms with E-state index in [-0.39, 0.29) is 11.4 Å². The molecular formula is C12H16FN5O2S. The lowest BCUT2D eigenvalue weighted by Crippen LogP contribution is -2.29. The van der Waals surface area contributed by atoms with E-state index in [1.54, 1.807) is 13.2 Å². The molecule has 7 nitrogen and oxygen atoms in total. The van der Waals surface area contributed by atoms with Crippen LogP contribution in [-0.2, 0) is 23.1 Å². The zero-order valence-corrected chi connectivity index (χ0v) is 12.3. The second-order valence-electron chi connectivity index (χ2n) is 4.35. The fourth-order valence-corrected chi connectivity index (χ4v) is 3.11. The molecule has 1 heterocycles. The van der Waals surface area contributed by atoms with Crippen molar-refractivity contribution in [2.75, 3.05) is 13.6 Å². The SMILES string of the molecule is CNCc1ccc(F)cc1S(=O)(=O)NCCn1ccnn1. The van der Waals surface area contributed by atoms with Crippen LogP contribution in [0, 0.1) is 5.82 Å². The van der Waals surface area contributed by atoms with Gasteiger partial charge in [-0.2, -0.15) is 0 Å². The van der Waals surface area contributed by atoms with Gasteiger partial charge in [-0.3, -0.25) is 4.68 Å². The molecule has 9 heteroatoms. The first-order valence-electron chi connectivity index (χ1n) is 6.30. The average Bonchev–Trinajstić information content (AvgIpc) is 2.94. The largest absolute Gasteiger partial charge is 0.316 e. The van der Waals surface area contributed by atoms with Crippen molar-refractivity contribution in [1.29, 1.82) is 0 Å². The predicted octanol–water partition coefficient (Wildman–Crippen LogP) is 0.115. The quantitative estimate of drug-likeness (QED) is 0.758. The van der Waals surface area contributed by atoms with Crippen molar-refractivity contribution in [3.05, 3.63) is 42.0 Å². The second kappa shape index (κ2) is 6.74. The highest BCUT2D eigenvalue weighted by Gasteiger charge is 2.18. The zero-order chi connectivity index (χ0) is 15.3. The molecule has 0 atom stereocenters. The van der Waals surface area contributed by atoms with Gasteiger partial charge in [-0.15, -0.1) is 5.10 Å². The number of hydrogen-bond donors (Lipinski definition) is 2. The van der Waals surface area contributed by atoms with Crippen molar-refractivity contribution in [3.63, 3.8) is 0 Å². The average molecular weight is 313 g/mol. The number of rotatable bonds is 7. The standard InChI is InChI=1S/C12H16FN5O2S/c1-14-9-10-2-3-11(13)8-12(10)21(19,20)16-5-7-18-6-4-15-17-18/h2-4,6,8,14,16H,5,7,9H2,1H3. The molecule has 2 aromatic rings. The number of nitrogens with zero attached hydrogens (tertiary/aromatic N) is 3. The summed E-state index contributed by atoms with van der Waals surface area (Å²) in [5.74, 6) is -0.591. The lowest BCUT2D eigenvalue weighted by Gasteiger charge is -2.11. The van der Waals surface area contributed by atoms with E-state index >= 15 is 0 Å². The Labute approximate surface area is 122 Å². The van der Waals surface area contributed by atoms with Gasteiger partial charge in [0.2, 0.25) is 10.0 Å². The van der Waals surface area contributed by atoms with Crippen molar-refractivity contribution in [2.24, 2.45) is 0 Å². The first kappa shape index (κ1) is 15.5. The Morgan fingerprint density at radius 3 is 2.86 bits per heavy atom. The number of sulfonamides is 1. The highest BCUT2D eigenvalue weighted by atomic mass is 32.2. The summed E-state index contributed by atoms with van der Waals surface area (Å²) in [7, 11) is -2.09. The Bertz CT molecular complexity index is 688. The van der Waals surface area contributed by atoms with Crippen LogP contribution in [0.2, 0.25) is 0 Å². The summed E-state index contributed by atoms with van der Waals surface area (Å²) in [6.45, 7) is 0.816. The molecule has 2 N–H and O–H groups in total. The molecule has 0 bridgehead atoms. The first-order chi connectivity index (χ1) is 10.0. The zero-order valence-electron chi connectivity index (χ0n) is 11.5. The van der Waals surface area contributed by atoms with E-state index in [1.165, 1.54) is 23.0 Å². The number of nitrogens with one attached hydrogen (secondary N) is 2. The monoisotopic (exact) mass is 313 g/mol. The van der Waals surface area contributed by atoms with Crippen LogP contribution < -0.4 is 10.0 Å². The van der Waals surface area contributed by atoms with Gasteiger partial charge in [0.05, 0.1) is 17.6 Å². The third-order valence-corrected chi connectivity index (χ3v) is 4.33. The van der Waals surface area contributed by atoms with Crippen LogP contribution in [0.5, 0.6) is 0 Å². The van der Waals surface area contributed by atoms with E-state index in [4.69, 9.17) is 0 Å². The minimum absolute atomic E-state index is 0.0598. The summed E-state index contributed by atoms with van der Waals surface area (Å²) in [6, 6.07) is 3.71. The van der Waals surface area contributed by atoms with Crippen molar-refractivity contribution in [2.45, 2.75) is 18.0 Å². The number of benzene rings is 1. The Morgan fingerprint density at radius 1 is 1.38 bits per heavy atom. The van der Waals surface area contributed by atoms with Crippen LogP contribution in [0.25, 0.3) is 0 Å². The summed E-state index contributed by atoms with van der Waals surface area (Å²) in [5.41, 5.74) is 0.507. The van der Waals surface area contributed by atoms with E-state index < -0.39 is 15.8 Å². The van der Waals surface area contributed by atoms with E-state index in [0.29, 0.717) is 18.7 Å². The first-order valence-corrected chi connectivity index (χ1v) is 7.78. The maximum absolute atomic E-state index is 13.3.